The average Bonchev–Trinajstić information content (AvgIpc) is 3.26. The number of rotatable bonds is 9. The Labute approximate surface area is 209 Å². The van der Waals surface area contributed by atoms with Crippen LogP contribution in [0.3, 0.4) is 0 Å². The molecule has 0 saturated heterocycles. The van der Waals surface area contributed by atoms with E-state index in [1.807, 2.05) is 58.0 Å². The normalized spacial score (nSPS) is 16.4. The van der Waals surface area contributed by atoms with Crippen molar-refractivity contribution in [3.05, 3.63) is 59.2 Å². The minimum absolute atomic E-state index is 0.00897. The van der Waals surface area contributed by atoms with Crippen LogP contribution in [0.15, 0.2) is 58.1 Å². The molecule has 2 aromatic rings. The molecule has 0 atom stereocenters. The number of aliphatic imine (C=N–C) groups is 1. The number of hydrogen-bond acceptors (Lipinski definition) is 7. The third-order valence-corrected chi connectivity index (χ3v) is 6.38. The molecule has 0 radical (unpaired) electrons. The molecule has 2 aliphatic rings. The smallest absolute Gasteiger partial charge is 0.283 e. The van der Waals surface area contributed by atoms with Gasteiger partial charge in [-0.1, -0.05) is 37.6 Å². The van der Waals surface area contributed by atoms with Crippen LogP contribution in [0.25, 0.3) is 6.08 Å². The van der Waals surface area contributed by atoms with E-state index in [-0.39, 0.29) is 17.3 Å². The Bertz CT molecular complexity index is 1220. The average molecular weight is 493 g/mol. The van der Waals surface area contributed by atoms with Gasteiger partial charge in [-0.3, -0.25) is 10.2 Å². The summed E-state index contributed by atoms with van der Waals surface area (Å²) in [7, 11) is 0. The van der Waals surface area contributed by atoms with E-state index in [1.165, 1.54) is 22.3 Å². The number of ether oxygens (including phenoxy) is 3. The summed E-state index contributed by atoms with van der Waals surface area (Å²) >= 11 is 1.33. The van der Waals surface area contributed by atoms with Gasteiger partial charge in [0.1, 0.15) is 24.0 Å². The van der Waals surface area contributed by atoms with Gasteiger partial charge in [-0.25, -0.2) is 0 Å². The fourth-order valence-electron chi connectivity index (χ4n) is 3.35. The van der Waals surface area contributed by atoms with Crippen molar-refractivity contribution < 1.29 is 19.0 Å². The van der Waals surface area contributed by atoms with Crippen LogP contribution < -0.4 is 14.2 Å². The topological polar surface area (TPSA) is 96.6 Å². The number of carbonyl (C=O) groups excluding carboxylic acids is 1. The number of hydrogen-bond donors (Lipinski definition) is 1. The van der Waals surface area contributed by atoms with Gasteiger partial charge in [0.05, 0.1) is 12.2 Å². The van der Waals surface area contributed by atoms with Crippen LogP contribution in [-0.2, 0) is 4.79 Å². The van der Waals surface area contributed by atoms with Crippen molar-refractivity contribution >= 4 is 39.8 Å². The Hall–Kier alpha value is -3.59. The number of hydrazone groups is 1. The van der Waals surface area contributed by atoms with Crippen molar-refractivity contribution in [3.8, 4) is 17.2 Å². The molecule has 0 fully saturated rings. The highest BCUT2D eigenvalue weighted by atomic mass is 32.2. The van der Waals surface area contributed by atoms with Gasteiger partial charge in [0.2, 0.25) is 5.17 Å². The van der Waals surface area contributed by atoms with Gasteiger partial charge >= 0.3 is 0 Å². The second kappa shape index (κ2) is 10.8. The van der Waals surface area contributed by atoms with Crippen LogP contribution in [0, 0.1) is 18.3 Å². The molecule has 0 aliphatic carbocycles. The summed E-state index contributed by atoms with van der Waals surface area (Å²) in [6.45, 7) is 9.14. The Morgan fingerprint density at radius 1 is 1.06 bits per heavy atom. The Kier molecular flexibility index (Phi) is 7.55. The predicted molar refractivity (Wildman–Crippen MR) is 140 cm³/mol. The minimum Gasteiger partial charge on any atom is -0.490 e. The van der Waals surface area contributed by atoms with Crippen LogP contribution in [-0.4, -0.2) is 46.8 Å². The number of benzene rings is 2. The third kappa shape index (κ3) is 5.74. The van der Waals surface area contributed by atoms with Crippen LogP contribution in [0.2, 0.25) is 0 Å². The monoisotopic (exact) mass is 492 g/mol. The number of amidine groups is 2. The molecule has 2 aromatic carbocycles. The van der Waals surface area contributed by atoms with E-state index in [9.17, 15) is 4.79 Å². The summed E-state index contributed by atoms with van der Waals surface area (Å²) in [6, 6.07) is 13.2. The van der Waals surface area contributed by atoms with Gasteiger partial charge in [0.25, 0.3) is 5.91 Å². The Balaban J connectivity index is 1.46. The molecule has 0 aromatic heterocycles. The van der Waals surface area contributed by atoms with E-state index < -0.39 is 5.91 Å². The molecule has 9 heteroatoms. The lowest BCUT2D eigenvalue weighted by atomic mass is 10.1. The number of fused-ring (bicyclic) bond motifs is 1. The van der Waals surface area contributed by atoms with Gasteiger partial charge in [-0.05, 0) is 61.5 Å². The Morgan fingerprint density at radius 2 is 1.80 bits per heavy atom. The van der Waals surface area contributed by atoms with Crippen LogP contribution in [0.5, 0.6) is 17.2 Å². The van der Waals surface area contributed by atoms with E-state index in [0.717, 1.165) is 10.8 Å². The first-order valence-corrected chi connectivity index (χ1v) is 12.3. The minimum atomic E-state index is -0.458. The van der Waals surface area contributed by atoms with Crippen molar-refractivity contribution in [3.63, 3.8) is 0 Å². The van der Waals surface area contributed by atoms with Gasteiger partial charge in [0, 0.05) is 5.92 Å². The highest BCUT2D eigenvalue weighted by Crippen LogP contribution is 2.33. The van der Waals surface area contributed by atoms with Crippen molar-refractivity contribution in [2.75, 3.05) is 19.8 Å². The molecule has 35 heavy (non-hydrogen) atoms. The maximum Gasteiger partial charge on any atom is 0.283 e. The van der Waals surface area contributed by atoms with Gasteiger partial charge in [-0.15, -0.1) is 0 Å². The standard InChI is InChI=1S/C26H28N4O4S/c1-5-32-22-15-18(8-11-21(22)34-13-12-33-19-9-6-17(4)7-10-19)14-20-23(27)30-26(28-24(20)31)35-25(29-30)16(2)3/h6-11,14-16,27H,5,12-13H2,1-4H3/b20-14-,27-23?. The number of nitrogens with one attached hydrogen (secondary N) is 1. The molecule has 2 aliphatic heterocycles. The van der Waals surface area contributed by atoms with Crippen molar-refractivity contribution in [1.29, 1.82) is 5.41 Å². The highest BCUT2D eigenvalue weighted by molar-refractivity contribution is 8.27. The molecule has 1 N–H and O–H groups in total. The maximum absolute atomic E-state index is 12.7. The van der Waals surface area contributed by atoms with Gasteiger partial charge < -0.3 is 14.2 Å². The molecule has 8 nitrogen and oxygen atoms in total. The molecule has 4 rings (SSSR count). The zero-order valence-electron chi connectivity index (χ0n) is 20.2. The summed E-state index contributed by atoms with van der Waals surface area (Å²) in [5, 5.41) is 15.6. The number of nitrogens with zero attached hydrogens (tertiary/aromatic N) is 3. The molecule has 0 unspecified atom stereocenters. The largest absolute Gasteiger partial charge is 0.490 e. The highest BCUT2D eigenvalue weighted by Gasteiger charge is 2.36. The molecule has 182 valence electrons. The molecule has 0 bridgehead atoms. The second-order valence-corrected chi connectivity index (χ2v) is 9.25. The lowest BCUT2D eigenvalue weighted by Gasteiger charge is -2.20. The molecule has 0 saturated carbocycles. The summed E-state index contributed by atoms with van der Waals surface area (Å²) in [6.07, 6.45) is 1.63. The van der Waals surface area contributed by atoms with Crippen molar-refractivity contribution in [2.24, 2.45) is 16.0 Å². The van der Waals surface area contributed by atoms with E-state index in [2.05, 4.69) is 10.1 Å². The summed E-state index contributed by atoms with van der Waals surface area (Å²) < 4.78 is 17.4. The number of aryl methyl sites for hydroxylation is 1. The SMILES string of the molecule is CCOc1cc(/C=C2/C(=N)N3N=C(C(C)C)SC3=NC2=O)ccc1OCCOc1ccc(C)cc1. The van der Waals surface area contributed by atoms with Crippen molar-refractivity contribution in [2.45, 2.75) is 27.7 Å². The molecule has 1 amide bonds. The van der Waals surface area contributed by atoms with Crippen molar-refractivity contribution in [1.82, 2.24) is 5.01 Å². The van der Waals surface area contributed by atoms with E-state index in [0.29, 0.717) is 42.1 Å². The van der Waals surface area contributed by atoms with Crippen LogP contribution in [0.4, 0.5) is 0 Å². The zero-order valence-corrected chi connectivity index (χ0v) is 21.0. The number of carbonyl (C=O) groups is 1. The molecular formula is C26H28N4O4S. The van der Waals surface area contributed by atoms with E-state index in [4.69, 9.17) is 19.6 Å². The quantitative estimate of drug-likeness (QED) is 0.385. The van der Waals surface area contributed by atoms with E-state index >= 15 is 0 Å². The third-order valence-electron chi connectivity index (χ3n) is 5.17. The lowest BCUT2D eigenvalue weighted by molar-refractivity contribution is -0.114. The molecule has 2 heterocycles. The fraction of sp³-hybridized carbons (Fsp3) is 0.308. The Morgan fingerprint density at radius 3 is 2.51 bits per heavy atom. The first kappa shape index (κ1) is 24.5. The number of thioether (sulfide) groups is 1. The molecular weight excluding hydrogens is 464 g/mol. The summed E-state index contributed by atoms with van der Waals surface area (Å²) in [5.74, 6) is 1.65. The first-order valence-electron chi connectivity index (χ1n) is 11.4. The fourth-order valence-corrected chi connectivity index (χ4v) is 4.25. The lowest BCUT2D eigenvalue weighted by Crippen LogP contribution is -2.35. The van der Waals surface area contributed by atoms with Gasteiger partial charge in [-0.2, -0.15) is 15.1 Å². The second-order valence-electron chi connectivity index (χ2n) is 8.26. The van der Waals surface area contributed by atoms with Crippen LogP contribution >= 0.6 is 11.8 Å². The summed E-state index contributed by atoms with van der Waals surface area (Å²) in [4.78, 5) is 16.8. The molecule has 0 spiro atoms. The van der Waals surface area contributed by atoms with Gasteiger partial charge in [0.15, 0.2) is 17.3 Å². The predicted octanol–water partition coefficient (Wildman–Crippen LogP) is 5.13. The number of amides is 1. The summed E-state index contributed by atoms with van der Waals surface area (Å²) in [5.41, 5.74) is 2.05. The van der Waals surface area contributed by atoms with E-state index in [1.54, 1.807) is 18.2 Å². The van der Waals surface area contributed by atoms with Crippen LogP contribution in [0.1, 0.15) is 31.9 Å². The zero-order chi connectivity index (χ0) is 24.9. The maximum atomic E-state index is 12.7. The first-order chi connectivity index (χ1) is 16.9.